The van der Waals surface area contributed by atoms with Gasteiger partial charge in [-0.1, -0.05) is 11.6 Å². The van der Waals surface area contributed by atoms with Gasteiger partial charge >= 0.3 is 0 Å². The zero-order valence-corrected chi connectivity index (χ0v) is 13.0. The van der Waals surface area contributed by atoms with Crippen molar-refractivity contribution < 1.29 is 0 Å². The van der Waals surface area contributed by atoms with Crippen LogP contribution in [-0.2, 0) is 0 Å². The molecular formula is C12H21ClN2S2. The topological polar surface area (TPSA) is 29.3 Å². The van der Waals surface area contributed by atoms with Crippen LogP contribution in [-0.4, -0.2) is 36.5 Å². The maximum absolute atomic E-state index is 5.99. The SMILES string of the molecule is CSCCC(C)N(C)C(CN)c1ccc(Cl)s1. The van der Waals surface area contributed by atoms with E-state index in [9.17, 15) is 0 Å². The number of thioether (sulfide) groups is 1. The normalized spacial score (nSPS) is 15.2. The molecule has 0 aliphatic carbocycles. The third-order valence-electron chi connectivity index (χ3n) is 3.07. The quantitative estimate of drug-likeness (QED) is 0.834. The maximum Gasteiger partial charge on any atom is 0.0931 e. The Bertz CT molecular complexity index is 330. The third kappa shape index (κ3) is 4.45. The van der Waals surface area contributed by atoms with Crippen LogP contribution in [0.3, 0.4) is 0 Å². The van der Waals surface area contributed by atoms with Crippen LogP contribution in [0.2, 0.25) is 4.34 Å². The van der Waals surface area contributed by atoms with Gasteiger partial charge in [0.15, 0.2) is 0 Å². The summed E-state index contributed by atoms with van der Waals surface area (Å²) in [7, 11) is 2.15. The minimum atomic E-state index is 0.282. The molecule has 17 heavy (non-hydrogen) atoms. The minimum Gasteiger partial charge on any atom is -0.329 e. The molecule has 2 nitrogen and oxygen atoms in total. The summed E-state index contributed by atoms with van der Waals surface area (Å²) >= 11 is 9.50. The van der Waals surface area contributed by atoms with Crippen molar-refractivity contribution in [3.05, 3.63) is 21.3 Å². The standard InChI is InChI=1S/C12H21ClN2S2/c1-9(6-7-16-3)15(2)10(8-14)11-4-5-12(13)17-11/h4-5,9-10H,6-8,14H2,1-3H3. The maximum atomic E-state index is 5.99. The Kier molecular flexibility index (Phi) is 6.89. The average molecular weight is 293 g/mol. The summed E-state index contributed by atoms with van der Waals surface area (Å²) in [6.45, 7) is 2.89. The Morgan fingerprint density at radius 3 is 2.71 bits per heavy atom. The first kappa shape index (κ1) is 15.3. The minimum absolute atomic E-state index is 0.282. The van der Waals surface area contributed by atoms with Gasteiger partial charge in [-0.2, -0.15) is 11.8 Å². The van der Waals surface area contributed by atoms with Crippen LogP contribution in [0.1, 0.15) is 24.3 Å². The number of thiophene rings is 1. The van der Waals surface area contributed by atoms with Crippen LogP contribution in [0.4, 0.5) is 0 Å². The molecule has 98 valence electrons. The number of halogens is 1. The number of nitrogens with zero attached hydrogens (tertiary/aromatic N) is 1. The molecule has 0 aliphatic rings. The Morgan fingerprint density at radius 2 is 2.24 bits per heavy atom. The van der Waals surface area contributed by atoms with Gasteiger partial charge in [0.2, 0.25) is 0 Å². The van der Waals surface area contributed by atoms with Crippen molar-refractivity contribution >= 4 is 34.7 Å². The predicted molar refractivity (Wildman–Crippen MR) is 81.3 cm³/mol. The van der Waals surface area contributed by atoms with E-state index in [2.05, 4.69) is 31.2 Å². The lowest BCUT2D eigenvalue weighted by Crippen LogP contribution is -2.36. The molecule has 5 heteroatoms. The second kappa shape index (κ2) is 7.64. The van der Waals surface area contributed by atoms with E-state index in [-0.39, 0.29) is 6.04 Å². The van der Waals surface area contributed by atoms with Crippen molar-refractivity contribution in [1.82, 2.24) is 4.90 Å². The van der Waals surface area contributed by atoms with Gasteiger partial charge in [-0.15, -0.1) is 11.3 Å². The van der Waals surface area contributed by atoms with Gasteiger partial charge in [0.05, 0.1) is 10.4 Å². The van der Waals surface area contributed by atoms with Crippen molar-refractivity contribution in [2.75, 3.05) is 25.6 Å². The molecule has 1 rings (SSSR count). The molecule has 0 fully saturated rings. The summed E-state index contributed by atoms with van der Waals surface area (Å²) in [5.74, 6) is 1.19. The lowest BCUT2D eigenvalue weighted by atomic mass is 10.1. The Morgan fingerprint density at radius 1 is 1.53 bits per heavy atom. The second-order valence-electron chi connectivity index (χ2n) is 4.19. The molecule has 0 aliphatic heterocycles. The zero-order chi connectivity index (χ0) is 12.8. The van der Waals surface area contributed by atoms with Gasteiger partial charge in [-0.25, -0.2) is 0 Å². The Labute approximate surface area is 118 Å². The molecule has 0 saturated heterocycles. The van der Waals surface area contributed by atoms with Gasteiger partial charge in [0, 0.05) is 17.5 Å². The fraction of sp³-hybridized carbons (Fsp3) is 0.667. The molecular weight excluding hydrogens is 272 g/mol. The van der Waals surface area contributed by atoms with E-state index in [0.29, 0.717) is 12.6 Å². The molecule has 2 N–H and O–H groups in total. The van der Waals surface area contributed by atoms with Crippen molar-refractivity contribution in [3.8, 4) is 0 Å². The van der Waals surface area contributed by atoms with Gasteiger partial charge in [0.1, 0.15) is 0 Å². The summed E-state index contributed by atoms with van der Waals surface area (Å²) in [6.07, 6.45) is 3.33. The summed E-state index contributed by atoms with van der Waals surface area (Å²) in [5.41, 5.74) is 5.90. The largest absolute Gasteiger partial charge is 0.329 e. The Balaban J connectivity index is 2.66. The number of hydrogen-bond donors (Lipinski definition) is 1. The van der Waals surface area contributed by atoms with E-state index < -0.39 is 0 Å². The molecule has 0 spiro atoms. The third-order valence-corrected chi connectivity index (χ3v) is 5.05. The number of rotatable bonds is 7. The van der Waals surface area contributed by atoms with Crippen LogP contribution < -0.4 is 5.73 Å². The van der Waals surface area contributed by atoms with Crippen molar-refractivity contribution in [2.45, 2.75) is 25.4 Å². The number of hydrogen-bond acceptors (Lipinski definition) is 4. The van der Waals surface area contributed by atoms with Crippen molar-refractivity contribution in [3.63, 3.8) is 0 Å². The summed E-state index contributed by atoms with van der Waals surface area (Å²) in [5, 5.41) is 0. The van der Waals surface area contributed by atoms with E-state index >= 15 is 0 Å². The molecule has 0 radical (unpaired) electrons. The molecule has 0 bridgehead atoms. The first-order chi connectivity index (χ1) is 8.10. The molecule has 1 aromatic rings. The van der Waals surface area contributed by atoms with E-state index in [4.69, 9.17) is 17.3 Å². The Hall–Kier alpha value is 0.260. The molecule has 0 amide bonds. The molecule has 0 aromatic carbocycles. The van der Waals surface area contributed by atoms with Gasteiger partial charge in [-0.3, -0.25) is 4.90 Å². The molecule has 2 unspecified atom stereocenters. The van der Waals surface area contributed by atoms with Crippen LogP contribution >= 0.6 is 34.7 Å². The van der Waals surface area contributed by atoms with Crippen LogP contribution in [0.5, 0.6) is 0 Å². The summed E-state index contributed by atoms with van der Waals surface area (Å²) < 4.78 is 0.837. The number of likely N-dealkylation sites (N-methyl/N-ethyl adjacent to an activating group) is 1. The van der Waals surface area contributed by atoms with E-state index in [1.54, 1.807) is 11.3 Å². The lowest BCUT2D eigenvalue weighted by molar-refractivity contribution is 0.188. The van der Waals surface area contributed by atoms with E-state index in [1.807, 2.05) is 17.8 Å². The lowest BCUT2D eigenvalue weighted by Gasteiger charge is -2.31. The summed E-state index contributed by atoms with van der Waals surface area (Å²) in [6, 6.07) is 4.86. The fourth-order valence-corrected chi connectivity index (χ4v) is 3.59. The van der Waals surface area contributed by atoms with Gasteiger partial charge in [0.25, 0.3) is 0 Å². The van der Waals surface area contributed by atoms with Crippen molar-refractivity contribution in [2.24, 2.45) is 5.73 Å². The van der Waals surface area contributed by atoms with Gasteiger partial charge < -0.3 is 5.73 Å². The molecule has 1 heterocycles. The molecule has 1 aromatic heterocycles. The first-order valence-corrected chi connectivity index (χ1v) is 8.35. The highest BCUT2D eigenvalue weighted by Crippen LogP contribution is 2.30. The highest BCUT2D eigenvalue weighted by atomic mass is 35.5. The second-order valence-corrected chi connectivity index (χ2v) is 6.92. The first-order valence-electron chi connectivity index (χ1n) is 5.76. The van der Waals surface area contributed by atoms with E-state index in [1.165, 1.54) is 17.1 Å². The van der Waals surface area contributed by atoms with E-state index in [0.717, 1.165) is 4.34 Å². The average Bonchev–Trinajstić information content (AvgIpc) is 2.73. The smallest absolute Gasteiger partial charge is 0.0931 e. The summed E-state index contributed by atoms with van der Waals surface area (Å²) in [4.78, 5) is 3.62. The van der Waals surface area contributed by atoms with Crippen LogP contribution in [0.15, 0.2) is 12.1 Å². The fourth-order valence-electron chi connectivity index (χ4n) is 1.79. The molecule has 2 atom stereocenters. The van der Waals surface area contributed by atoms with Crippen LogP contribution in [0, 0.1) is 0 Å². The van der Waals surface area contributed by atoms with Gasteiger partial charge in [-0.05, 0) is 44.5 Å². The zero-order valence-electron chi connectivity index (χ0n) is 10.6. The molecule has 0 saturated carbocycles. The van der Waals surface area contributed by atoms with Crippen molar-refractivity contribution in [1.29, 1.82) is 0 Å². The predicted octanol–water partition coefficient (Wildman–Crippen LogP) is 3.47. The highest BCUT2D eigenvalue weighted by Gasteiger charge is 2.21. The monoisotopic (exact) mass is 292 g/mol. The highest BCUT2D eigenvalue weighted by molar-refractivity contribution is 7.98. The van der Waals surface area contributed by atoms with Crippen LogP contribution in [0.25, 0.3) is 0 Å². The number of nitrogens with two attached hydrogens (primary N) is 1.